The Balaban J connectivity index is 4.28. The number of ether oxygens (including phenoxy) is 1. The lowest BCUT2D eigenvalue weighted by molar-refractivity contribution is -0.145. The highest BCUT2D eigenvalue weighted by Gasteiger charge is 2.18. The zero-order chi connectivity index (χ0) is 35.5. The van der Waals surface area contributed by atoms with E-state index in [-0.39, 0.29) is 24.8 Å². The molecule has 9 heteroatoms. The Hall–Kier alpha value is -3.72. The van der Waals surface area contributed by atoms with Crippen molar-refractivity contribution in [2.24, 2.45) is 0 Å². The molecule has 48 heavy (non-hydrogen) atoms. The van der Waals surface area contributed by atoms with Gasteiger partial charge in [-0.2, -0.15) is 0 Å². The van der Waals surface area contributed by atoms with Gasteiger partial charge in [0.2, 0.25) is 11.8 Å². The van der Waals surface area contributed by atoms with Crippen LogP contribution in [0.4, 0.5) is 0 Å². The molecule has 0 saturated heterocycles. The number of carbonyl (C=O) groups is 4. The fourth-order valence-electron chi connectivity index (χ4n) is 4.45. The lowest BCUT2D eigenvalue weighted by Crippen LogP contribution is -2.47. The molecule has 4 N–H and O–H groups in total. The molecule has 270 valence electrons. The smallest absolute Gasteiger partial charge is 0.328 e. The predicted octanol–water partition coefficient (Wildman–Crippen LogP) is 7.58. The minimum Gasteiger partial charge on any atom is -0.480 e. The molecular weight excluding hydrogens is 608 g/mol. The third-order valence-corrected chi connectivity index (χ3v) is 7.16. The van der Waals surface area contributed by atoms with E-state index in [1.807, 2.05) is 24.3 Å². The largest absolute Gasteiger partial charge is 0.480 e. The number of amides is 2. The minimum absolute atomic E-state index is 0.186. The number of carboxylic acids is 1. The summed E-state index contributed by atoms with van der Waals surface area (Å²) in [6.45, 7) is 3.16. The number of esters is 1. The van der Waals surface area contributed by atoms with E-state index in [0.29, 0.717) is 12.8 Å². The summed E-state index contributed by atoms with van der Waals surface area (Å²) in [4.78, 5) is 47.1. The van der Waals surface area contributed by atoms with Crippen molar-refractivity contribution >= 4 is 23.8 Å². The van der Waals surface area contributed by atoms with Crippen LogP contribution in [-0.4, -0.2) is 59.3 Å². The molecule has 0 aliphatic carbocycles. The van der Waals surface area contributed by atoms with Crippen LogP contribution < -0.4 is 10.6 Å². The fraction of sp³-hybridized carbons (Fsp3) is 0.590. The molecule has 0 saturated carbocycles. The van der Waals surface area contributed by atoms with Crippen molar-refractivity contribution < 1.29 is 34.1 Å². The van der Waals surface area contributed by atoms with Crippen LogP contribution in [0.25, 0.3) is 0 Å². The van der Waals surface area contributed by atoms with Crippen molar-refractivity contribution in [1.29, 1.82) is 0 Å². The Bertz CT molecular complexity index is 1040. The molecule has 2 atom stereocenters. The summed E-state index contributed by atoms with van der Waals surface area (Å²) in [5.41, 5.74) is 0. The summed E-state index contributed by atoms with van der Waals surface area (Å²) in [5, 5.41) is 22.4. The van der Waals surface area contributed by atoms with Crippen molar-refractivity contribution in [2.45, 2.75) is 135 Å². The Labute approximate surface area is 289 Å². The molecule has 0 aromatic heterocycles. The third-order valence-electron chi connectivity index (χ3n) is 7.16. The first-order chi connectivity index (χ1) is 23.3. The molecule has 0 aliphatic heterocycles. The van der Waals surface area contributed by atoms with Crippen molar-refractivity contribution in [3.8, 4) is 0 Å². The molecule has 0 aromatic rings. The van der Waals surface area contributed by atoms with E-state index in [4.69, 9.17) is 14.9 Å². The Kier molecular flexibility index (Phi) is 30.6. The number of hydrogen-bond acceptors (Lipinski definition) is 6. The number of rotatable bonds is 30. The van der Waals surface area contributed by atoms with Crippen LogP contribution in [0.2, 0.25) is 0 Å². The molecular formula is C39H62N2O7. The molecule has 0 fully saturated rings. The zero-order valence-electron chi connectivity index (χ0n) is 29.5. The summed E-state index contributed by atoms with van der Waals surface area (Å²) in [6, 6.07) is -1.40. The van der Waals surface area contributed by atoms with Crippen molar-refractivity contribution in [3.05, 3.63) is 72.9 Å². The summed E-state index contributed by atoms with van der Waals surface area (Å²) < 4.78 is 5.74. The average Bonchev–Trinajstić information content (AvgIpc) is 3.07. The minimum atomic E-state index is -1.40. The van der Waals surface area contributed by atoms with E-state index in [1.165, 1.54) is 12.8 Å². The number of allylic oxidation sites excluding steroid dienone is 10. The lowest BCUT2D eigenvalue weighted by Gasteiger charge is -2.12. The Morgan fingerprint density at radius 2 is 1.15 bits per heavy atom. The molecule has 2 unspecified atom stereocenters. The van der Waals surface area contributed by atoms with Gasteiger partial charge in [-0.3, -0.25) is 14.4 Å². The van der Waals surface area contributed by atoms with Crippen molar-refractivity contribution in [3.63, 3.8) is 0 Å². The van der Waals surface area contributed by atoms with Gasteiger partial charge in [0, 0.05) is 12.8 Å². The second kappa shape index (κ2) is 33.2. The maximum atomic E-state index is 12.5. The SMILES string of the molecule is CC/C=C\C/C=C\C/C=C\CCCCCCCC(=O)OC(/C=C\C/C=C\CC)/C=C\CCCCCC(=O)NCC(=O)NC(CO)C(=O)O. The summed E-state index contributed by atoms with van der Waals surface area (Å²) in [7, 11) is 0. The van der Waals surface area contributed by atoms with Gasteiger partial charge in [-0.05, 0) is 82.8 Å². The van der Waals surface area contributed by atoms with Crippen LogP contribution in [0.5, 0.6) is 0 Å². The fourth-order valence-corrected chi connectivity index (χ4v) is 4.45. The van der Waals surface area contributed by atoms with Gasteiger partial charge in [0.25, 0.3) is 0 Å². The molecule has 0 bridgehead atoms. The molecule has 0 aliphatic rings. The highest BCUT2D eigenvalue weighted by atomic mass is 16.5. The third kappa shape index (κ3) is 29.7. The highest BCUT2D eigenvalue weighted by Crippen LogP contribution is 2.11. The maximum Gasteiger partial charge on any atom is 0.328 e. The van der Waals surface area contributed by atoms with Crippen LogP contribution in [0.1, 0.15) is 123 Å². The van der Waals surface area contributed by atoms with Gasteiger partial charge < -0.3 is 25.6 Å². The molecule has 0 heterocycles. The molecule has 0 rings (SSSR count). The first kappa shape index (κ1) is 44.3. The number of hydrogen-bond donors (Lipinski definition) is 4. The van der Waals surface area contributed by atoms with Crippen LogP contribution >= 0.6 is 0 Å². The number of nitrogens with one attached hydrogen (secondary N) is 2. The van der Waals surface area contributed by atoms with Crippen LogP contribution in [0, 0.1) is 0 Å². The highest BCUT2D eigenvalue weighted by molar-refractivity contribution is 5.87. The topological polar surface area (TPSA) is 142 Å². The average molecular weight is 671 g/mol. The van der Waals surface area contributed by atoms with Crippen molar-refractivity contribution in [1.82, 2.24) is 10.6 Å². The predicted molar refractivity (Wildman–Crippen MR) is 194 cm³/mol. The second-order valence-electron chi connectivity index (χ2n) is 11.5. The van der Waals surface area contributed by atoms with Gasteiger partial charge in [-0.1, -0.05) is 100 Å². The van der Waals surface area contributed by atoms with Crippen LogP contribution in [0.3, 0.4) is 0 Å². The number of carboxylic acid groups (broad SMARTS) is 1. The van der Waals surface area contributed by atoms with Gasteiger partial charge in [-0.25, -0.2) is 4.79 Å². The van der Waals surface area contributed by atoms with Crippen LogP contribution in [0.15, 0.2) is 72.9 Å². The van der Waals surface area contributed by atoms with E-state index in [9.17, 15) is 19.2 Å². The van der Waals surface area contributed by atoms with E-state index < -0.39 is 30.6 Å². The number of aliphatic carboxylic acids is 1. The lowest BCUT2D eigenvalue weighted by atomic mass is 10.1. The molecule has 0 aromatic carbocycles. The first-order valence-electron chi connectivity index (χ1n) is 17.9. The summed E-state index contributed by atoms with van der Waals surface area (Å²) in [5.74, 6) is -2.50. The van der Waals surface area contributed by atoms with E-state index in [2.05, 4.69) is 73.1 Å². The molecule has 2 amide bonds. The van der Waals surface area contributed by atoms with Crippen molar-refractivity contribution in [2.75, 3.05) is 13.2 Å². The van der Waals surface area contributed by atoms with Crippen LogP contribution in [-0.2, 0) is 23.9 Å². The van der Waals surface area contributed by atoms with E-state index in [0.717, 1.165) is 77.0 Å². The number of carbonyl (C=O) groups excluding carboxylic acids is 3. The zero-order valence-corrected chi connectivity index (χ0v) is 29.5. The second-order valence-corrected chi connectivity index (χ2v) is 11.5. The number of aliphatic hydroxyl groups is 1. The van der Waals surface area contributed by atoms with Gasteiger partial charge in [0.1, 0.15) is 12.1 Å². The molecule has 9 nitrogen and oxygen atoms in total. The maximum absolute atomic E-state index is 12.5. The molecule has 0 radical (unpaired) electrons. The monoisotopic (exact) mass is 670 g/mol. The van der Waals surface area contributed by atoms with Gasteiger partial charge in [-0.15, -0.1) is 0 Å². The Morgan fingerprint density at radius 1 is 0.625 bits per heavy atom. The van der Waals surface area contributed by atoms with Gasteiger partial charge in [0.05, 0.1) is 13.2 Å². The summed E-state index contributed by atoms with van der Waals surface area (Å²) in [6.07, 6.45) is 39.9. The standard InChI is InChI=1S/C39H62N2O7/c1-3-5-7-9-10-11-12-13-14-15-16-17-18-23-27-31-38(45)48-34(28-24-20-8-6-4-2)29-25-21-19-22-26-30-36(43)40-32-37(44)41-35(33-42)39(46)47/h5-8,10-11,13-14,24-25,28-29,34-35,42H,3-4,9,12,15-23,26-27,30-33H2,1-2H3,(H,40,43)(H,41,44)(H,46,47)/b7-5-,8-6-,11-10-,14-13-,28-24-,29-25-. The van der Waals surface area contributed by atoms with E-state index in [1.54, 1.807) is 0 Å². The normalized spacial score (nSPS) is 13.4. The van der Waals surface area contributed by atoms with Gasteiger partial charge in [0.15, 0.2) is 0 Å². The molecule has 0 spiro atoms. The first-order valence-corrected chi connectivity index (χ1v) is 17.9. The number of unbranched alkanes of at least 4 members (excludes halogenated alkanes) is 8. The number of aliphatic hydroxyl groups excluding tert-OH is 1. The van der Waals surface area contributed by atoms with Gasteiger partial charge >= 0.3 is 11.9 Å². The van der Waals surface area contributed by atoms with E-state index >= 15 is 0 Å². The summed E-state index contributed by atoms with van der Waals surface area (Å²) >= 11 is 0. The quantitative estimate of drug-likeness (QED) is 0.0351. The Morgan fingerprint density at radius 3 is 1.79 bits per heavy atom.